The molecule has 2 heterocycles. The first-order chi connectivity index (χ1) is 10.6. The van der Waals surface area contributed by atoms with E-state index in [1.165, 1.54) is 0 Å². The molecular weight excluding hydrogens is 364 g/mol. The number of imidazole rings is 1. The Bertz CT molecular complexity index is 642. The zero-order valence-corrected chi connectivity index (χ0v) is 15.3. The van der Waals surface area contributed by atoms with Crippen molar-refractivity contribution >= 4 is 34.0 Å². The van der Waals surface area contributed by atoms with Gasteiger partial charge in [0.05, 0.1) is 6.04 Å². The van der Waals surface area contributed by atoms with E-state index in [0.717, 1.165) is 0 Å². The van der Waals surface area contributed by atoms with Gasteiger partial charge in [0.1, 0.15) is 21.7 Å². The molecule has 7 nitrogen and oxygen atoms in total. The molecule has 1 saturated heterocycles. The normalized spacial score (nSPS) is 15.1. The maximum Gasteiger partial charge on any atom is 0.410 e. The summed E-state index contributed by atoms with van der Waals surface area (Å²) in [6.45, 7) is 9.99. The number of nitrogens with one attached hydrogen (secondary N) is 1. The first-order valence-corrected chi connectivity index (χ1v) is 8.05. The van der Waals surface area contributed by atoms with Crippen LogP contribution in [0, 0.1) is 0 Å². The Hall–Kier alpha value is -1.83. The van der Waals surface area contributed by atoms with Crippen LogP contribution in [-0.2, 0) is 11.8 Å². The van der Waals surface area contributed by atoms with E-state index in [-0.39, 0.29) is 18.0 Å². The number of carbonyl (C=O) groups excluding carboxylic acids is 2. The molecule has 0 aliphatic carbocycles. The van der Waals surface area contributed by atoms with Crippen molar-refractivity contribution in [2.24, 2.45) is 7.05 Å². The lowest BCUT2D eigenvalue weighted by atomic mass is 10.1. The van der Waals surface area contributed by atoms with E-state index >= 15 is 0 Å². The van der Waals surface area contributed by atoms with E-state index in [1.54, 1.807) is 22.6 Å². The highest BCUT2D eigenvalue weighted by atomic mass is 79.9. The van der Waals surface area contributed by atoms with Gasteiger partial charge >= 0.3 is 6.09 Å². The summed E-state index contributed by atoms with van der Waals surface area (Å²) in [5, 5.41) is 2.89. The monoisotopic (exact) mass is 384 g/mol. The predicted octanol–water partition coefficient (Wildman–Crippen LogP) is 2.17. The van der Waals surface area contributed by atoms with Crippen LogP contribution in [0.2, 0.25) is 0 Å². The molecule has 0 spiro atoms. The van der Waals surface area contributed by atoms with Crippen LogP contribution in [0.1, 0.15) is 37.1 Å². The van der Waals surface area contributed by atoms with E-state index < -0.39 is 5.60 Å². The Morgan fingerprint density at radius 3 is 2.52 bits per heavy atom. The van der Waals surface area contributed by atoms with E-state index in [9.17, 15) is 9.59 Å². The predicted molar refractivity (Wildman–Crippen MR) is 90.1 cm³/mol. The largest absolute Gasteiger partial charge is 0.444 e. The van der Waals surface area contributed by atoms with Crippen LogP contribution >= 0.6 is 15.9 Å². The highest BCUT2D eigenvalue weighted by molar-refractivity contribution is 9.10. The molecule has 0 aromatic carbocycles. The van der Waals surface area contributed by atoms with Crippen LogP contribution in [0.5, 0.6) is 0 Å². The van der Waals surface area contributed by atoms with Crippen LogP contribution < -0.4 is 5.32 Å². The van der Waals surface area contributed by atoms with Crippen molar-refractivity contribution in [1.82, 2.24) is 19.8 Å². The molecule has 2 rings (SSSR count). The Kier molecular flexibility index (Phi) is 4.84. The van der Waals surface area contributed by atoms with Crippen LogP contribution in [0.3, 0.4) is 0 Å². The Morgan fingerprint density at radius 1 is 1.43 bits per heavy atom. The fraction of sp³-hybridized carbons (Fsp3) is 0.533. The number of ether oxygens (including phenoxy) is 1. The fourth-order valence-corrected chi connectivity index (χ4v) is 2.84. The van der Waals surface area contributed by atoms with Crippen molar-refractivity contribution in [3.63, 3.8) is 0 Å². The topological polar surface area (TPSA) is 76.5 Å². The molecule has 0 unspecified atom stereocenters. The molecule has 1 aliphatic heterocycles. The zero-order chi connectivity index (χ0) is 17.4. The molecule has 0 bridgehead atoms. The second-order valence-electron chi connectivity index (χ2n) is 6.43. The van der Waals surface area contributed by atoms with Gasteiger partial charge in [0.25, 0.3) is 5.91 Å². The standard InChI is InChI=1S/C15H21BrN4O3/c1-6-10-18-12(16)11(19(10)5)13(21)17-9-7-20(8-9)14(22)23-15(2,3)4/h6,9H,1,7-8H2,2-5H3,(H,17,21). The molecule has 0 saturated carbocycles. The van der Waals surface area contributed by atoms with Crippen molar-refractivity contribution < 1.29 is 14.3 Å². The van der Waals surface area contributed by atoms with E-state index in [1.807, 2.05) is 20.8 Å². The van der Waals surface area contributed by atoms with Gasteiger partial charge in [-0.25, -0.2) is 9.78 Å². The van der Waals surface area contributed by atoms with E-state index in [2.05, 4.69) is 32.8 Å². The summed E-state index contributed by atoms with van der Waals surface area (Å²) in [6, 6.07) is -0.0935. The summed E-state index contributed by atoms with van der Waals surface area (Å²) in [5.74, 6) is 0.361. The van der Waals surface area contributed by atoms with Crippen LogP contribution in [-0.4, -0.2) is 51.2 Å². The summed E-state index contributed by atoms with van der Waals surface area (Å²) in [4.78, 5) is 30.0. The number of nitrogens with zero attached hydrogens (tertiary/aromatic N) is 3. The zero-order valence-electron chi connectivity index (χ0n) is 13.7. The molecule has 0 atom stereocenters. The summed E-state index contributed by atoms with van der Waals surface area (Å²) in [5.41, 5.74) is -0.0952. The summed E-state index contributed by atoms with van der Waals surface area (Å²) in [7, 11) is 1.75. The van der Waals surface area contributed by atoms with E-state index in [0.29, 0.717) is 29.2 Å². The number of rotatable bonds is 3. The SMILES string of the molecule is C=Cc1nc(Br)c(C(=O)NC2CN(C(=O)OC(C)(C)C)C2)n1C. The number of aromatic nitrogens is 2. The van der Waals surface area contributed by atoms with Gasteiger partial charge < -0.3 is 19.5 Å². The third kappa shape index (κ3) is 3.93. The van der Waals surface area contributed by atoms with Crippen LogP contribution in [0.15, 0.2) is 11.2 Å². The van der Waals surface area contributed by atoms with Gasteiger partial charge in [0.15, 0.2) is 0 Å². The smallest absolute Gasteiger partial charge is 0.410 e. The minimum Gasteiger partial charge on any atom is -0.444 e. The highest BCUT2D eigenvalue weighted by Crippen LogP contribution is 2.19. The van der Waals surface area contributed by atoms with Crippen molar-refractivity contribution in [3.05, 3.63) is 22.7 Å². The number of hydrogen-bond acceptors (Lipinski definition) is 4. The molecule has 1 N–H and O–H groups in total. The average molecular weight is 385 g/mol. The molecule has 2 amide bonds. The molecule has 0 radical (unpaired) electrons. The molecule has 23 heavy (non-hydrogen) atoms. The van der Waals surface area contributed by atoms with Gasteiger partial charge in [0, 0.05) is 20.1 Å². The first kappa shape index (κ1) is 17.5. The van der Waals surface area contributed by atoms with Crippen molar-refractivity contribution in [3.8, 4) is 0 Å². The van der Waals surface area contributed by atoms with Gasteiger partial charge in [0.2, 0.25) is 0 Å². The molecule has 1 fully saturated rings. The fourth-order valence-electron chi connectivity index (χ4n) is 2.21. The number of hydrogen-bond donors (Lipinski definition) is 1. The lowest BCUT2D eigenvalue weighted by molar-refractivity contribution is 0.00528. The number of likely N-dealkylation sites (tertiary alicyclic amines) is 1. The van der Waals surface area contributed by atoms with Crippen LogP contribution in [0.4, 0.5) is 4.79 Å². The van der Waals surface area contributed by atoms with Crippen molar-refractivity contribution in [2.75, 3.05) is 13.1 Å². The number of halogens is 1. The van der Waals surface area contributed by atoms with Gasteiger partial charge in [-0.2, -0.15) is 0 Å². The summed E-state index contributed by atoms with van der Waals surface area (Å²) >= 11 is 3.28. The average Bonchev–Trinajstić information content (AvgIpc) is 2.65. The number of carbonyl (C=O) groups is 2. The lowest BCUT2D eigenvalue weighted by Crippen LogP contribution is -2.61. The Morgan fingerprint density at radius 2 is 2.04 bits per heavy atom. The maximum absolute atomic E-state index is 12.4. The van der Waals surface area contributed by atoms with Crippen molar-refractivity contribution in [1.29, 1.82) is 0 Å². The highest BCUT2D eigenvalue weighted by Gasteiger charge is 2.35. The maximum atomic E-state index is 12.4. The first-order valence-electron chi connectivity index (χ1n) is 7.26. The quantitative estimate of drug-likeness (QED) is 0.866. The van der Waals surface area contributed by atoms with Gasteiger partial charge in [-0.1, -0.05) is 6.58 Å². The number of amides is 2. The molecule has 1 aromatic heterocycles. The van der Waals surface area contributed by atoms with E-state index in [4.69, 9.17) is 4.74 Å². The van der Waals surface area contributed by atoms with Gasteiger partial charge in [-0.15, -0.1) is 0 Å². The van der Waals surface area contributed by atoms with Gasteiger partial charge in [-0.05, 0) is 42.8 Å². The van der Waals surface area contributed by atoms with Gasteiger partial charge in [-0.3, -0.25) is 4.79 Å². The molecule has 1 aromatic rings. The third-order valence-electron chi connectivity index (χ3n) is 3.35. The third-order valence-corrected chi connectivity index (χ3v) is 3.91. The molecule has 1 aliphatic rings. The minimum atomic E-state index is -0.522. The Balaban J connectivity index is 1.91. The lowest BCUT2D eigenvalue weighted by Gasteiger charge is -2.39. The summed E-state index contributed by atoms with van der Waals surface area (Å²) in [6.07, 6.45) is 1.22. The summed E-state index contributed by atoms with van der Waals surface area (Å²) < 4.78 is 7.41. The molecule has 126 valence electrons. The van der Waals surface area contributed by atoms with Crippen molar-refractivity contribution in [2.45, 2.75) is 32.4 Å². The van der Waals surface area contributed by atoms with Crippen LogP contribution in [0.25, 0.3) is 6.08 Å². The molecule has 8 heteroatoms. The Labute approximate surface area is 143 Å². The second-order valence-corrected chi connectivity index (χ2v) is 7.18. The minimum absolute atomic E-state index is 0.0935. The second kappa shape index (κ2) is 6.35. The molecular formula is C15H21BrN4O3.